The third-order valence-electron chi connectivity index (χ3n) is 6.37. The number of alkyl carbamates (subject to hydrolysis) is 1. The third kappa shape index (κ3) is 4.77. The van der Waals surface area contributed by atoms with E-state index in [0.717, 1.165) is 22.3 Å². The number of morpholine rings is 1. The molecule has 2 N–H and O–H groups in total. The van der Waals surface area contributed by atoms with Crippen LogP contribution in [0.3, 0.4) is 0 Å². The minimum absolute atomic E-state index is 0.0624. The van der Waals surface area contributed by atoms with Gasteiger partial charge in [0.05, 0.1) is 13.2 Å². The smallest absolute Gasteiger partial charge is 0.407 e. The number of carboxylic acids is 1. The van der Waals surface area contributed by atoms with Crippen molar-refractivity contribution < 1.29 is 29.0 Å². The maximum Gasteiger partial charge on any atom is 0.407 e. The van der Waals surface area contributed by atoms with Gasteiger partial charge in [-0.05, 0) is 27.7 Å². The Balaban J connectivity index is 1.44. The van der Waals surface area contributed by atoms with Crippen LogP contribution in [-0.2, 0) is 19.1 Å². The summed E-state index contributed by atoms with van der Waals surface area (Å²) in [6.45, 7) is 6.00. The molecule has 0 saturated carbocycles. The van der Waals surface area contributed by atoms with Gasteiger partial charge in [0.25, 0.3) is 0 Å². The summed E-state index contributed by atoms with van der Waals surface area (Å²) in [6.07, 6.45) is -1.76. The largest absolute Gasteiger partial charge is 0.479 e. The molecule has 1 aliphatic carbocycles. The number of aliphatic carboxylic acids is 1. The van der Waals surface area contributed by atoms with Gasteiger partial charge in [-0.25, -0.2) is 9.59 Å². The van der Waals surface area contributed by atoms with Gasteiger partial charge in [-0.3, -0.25) is 4.79 Å². The summed E-state index contributed by atoms with van der Waals surface area (Å²) in [5, 5.41) is 12.0. The molecule has 0 radical (unpaired) electrons. The zero-order valence-corrected chi connectivity index (χ0v) is 19.6. The van der Waals surface area contributed by atoms with E-state index < -0.39 is 29.6 Å². The Hall–Kier alpha value is -3.39. The molecule has 2 amide bonds. The van der Waals surface area contributed by atoms with Crippen LogP contribution >= 0.6 is 0 Å². The molecule has 180 valence electrons. The van der Waals surface area contributed by atoms with Gasteiger partial charge in [0.1, 0.15) is 12.6 Å². The normalized spacial score (nSPS) is 18.6. The molecule has 0 aromatic heterocycles. The van der Waals surface area contributed by atoms with E-state index >= 15 is 0 Å². The van der Waals surface area contributed by atoms with Crippen LogP contribution in [0, 0.1) is 5.41 Å². The van der Waals surface area contributed by atoms with Gasteiger partial charge < -0.3 is 24.8 Å². The molecule has 8 heteroatoms. The van der Waals surface area contributed by atoms with Crippen LogP contribution in [0.5, 0.6) is 0 Å². The summed E-state index contributed by atoms with van der Waals surface area (Å²) in [5.41, 5.74) is 3.87. The molecule has 1 unspecified atom stereocenters. The first-order valence-electron chi connectivity index (χ1n) is 11.4. The summed E-state index contributed by atoms with van der Waals surface area (Å²) < 4.78 is 10.8. The Morgan fingerprint density at radius 2 is 1.68 bits per heavy atom. The van der Waals surface area contributed by atoms with E-state index in [0.29, 0.717) is 0 Å². The van der Waals surface area contributed by atoms with Crippen molar-refractivity contribution in [3.05, 3.63) is 59.7 Å². The van der Waals surface area contributed by atoms with Gasteiger partial charge >= 0.3 is 12.1 Å². The molecule has 2 aliphatic rings. The Labute approximate surface area is 198 Å². The maximum atomic E-state index is 13.2. The van der Waals surface area contributed by atoms with Crippen LogP contribution in [-0.4, -0.2) is 66.4 Å². The lowest BCUT2D eigenvalue weighted by Crippen LogP contribution is -2.58. The lowest BCUT2D eigenvalue weighted by atomic mass is 9.85. The highest BCUT2D eigenvalue weighted by Crippen LogP contribution is 2.44. The summed E-state index contributed by atoms with van der Waals surface area (Å²) in [5.74, 6) is -1.55. The quantitative estimate of drug-likeness (QED) is 0.701. The Bertz CT molecular complexity index is 1050. The molecule has 0 spiro atoms. The Morgan fingerprint density at radius 1 is 1.09 bits per heavy atom. The van der Waals surface area contributed by atoms with E-state index in [1.807, 2.05) is 57.2 Å². The lowest BCUT2D eigenvalue weighted by Gasteiger charge is -2.37. The number of carbonyl (C=O) groups excluding carboxylic acids is 2. The highest BCUT2D eigenvalue weighted by Gasteiger charge is 2.39. The van der Waals surface area contributed by atoms with Crippen molar-refractivity contribution >= 4 is 18.0 Å². The molecule has 34 heavy (non-hydrogen) atoms. The van der Waals surface area contributed by atoms with Crippen molar-refractivity contribution in [2.75, 3.05) is 26.3 Å². The number of carboxylic acid groups (broad SMARTS) is 1. The average Bonchev–Trinajstić information content (AvgIpc) is 3.14. The number of hydrogen-bond donors (Lipinski definition) is 2. The number of fused-ring (bicyclic) bond motifs is 3. The number of benzene rings is 2. The van der Waals surface area contributed by atoms with Crippen LogP contribution < -0.4 is 5.32 Å². The van der Waals surface area contributed by atoms with E-state index in [1.165, 1.54) is 4.90 Å². The Kier molecular flexibility index (Phi) is 6.61. The number of nitrogens with one attached hydrogen (secondary N) is 1. The molecule has 1 heterocycles. The number of nitrogens with zero attached hydrogens (tertiary/aromatic N) is 1. The number of rotatable bonds is 5. The minimum Gasteiger partial charge on any atom is -0.479 e. The molecule has 1 saturated heterocycles. The number of hydrogen-bond acceptors (Lipinski definition) is 5. The molecule has 1 aliphatic heterocycles. The van der Waals surface area contributed by atoms with Gasteiger partial charge in [0, 0.05) is 12.5 Å². The van der Waals surface area contributed by atoms with Gasteiger partial charge in [0.15, 0.2) is 6.10 Å². The summed E-state index contributed by atoms with van der Waals surface area (Å²) >= 11 is 0. The van der Waals surface area contributed by atoms with E-state index in [2.05, 4.69) is 17.4 Å². The second-order valence-electron chi connectivity index (χ2n) is 9.75. The molecular weight excluding hydrogens is 436 g/mol. The fourth-order valence-corrected chi connectivity index (χ4v) is 4.59. The monoisotopic (exact) mass is 466 g/mol. The van der Waals surface area contributed by atoms with Crippen molar-refractivity contribution in [2.24, 2.45) is 5.41 Å². The van der Waals surface area contributed by atoms with E-state index in [-0.39, 0.29) is 38.1 Å². The van der Waals surface area contributed by atoms with Gasteiger partial charge in [0.2, 0.25) is 5.91 Å². The Morgan fingerprint density at radius 3 is 2.24 bits per heavy atom. The van der Waals surface area contributed by atoms with Crippen molar-refractivity contribution in [2.45, 2.75) is 38.8 Å². The van der Waals surface area contributed by atoms with E-state index in [1.54, 1.807) is 0 Å². The van der Waals surface area contributed by atoms with Crippen LogP contribution in [0.4, 0.5) is 4.79 Å². The van der Waals surface area contributed by atoms with Gasteiger partial charge in [-0.2, -0.15) is 0 Å². The molecule has 0 bridgehead atoms. The average molecular weight is 467 g/mol. The fraction of sp³-hybridized carbons (Fsp3) is 0.423. The first-order chi connectivity index (χ1) is 16.2. The minimum atomic E-state index is -1.12. The van der Waals surface area contributed by atoms with Crippen LogP contribution in [0.2, 0.25) is 0 Å². The topological polar surface area (TPSA) is 105 Å². The summed E-state index contributed by atoms with van der Waals surface area (Å²) in [6, 6.07) is 15.3. The summed E-state index contributed by atoms with van der Waals surface area (Å²) in [7, 11) is 0. The standard InChI is InChI=1S/C26H30N2O6/c1-26(2,3)22(23(29)28-12-13-33-21(14-28)24(30)31)27-25(32)34-15-20-18-10-6-4-8-16(18)17-9-5-7-11-19(17)20/h4-11,20-22H,12-15H2,1-3H3,(H,27,32)(H,30,31)/t21?,22-/m1/s1. The van der Waals surface area contributed by atoms with Crippen LogP contribution in [0.1, 0.15) is 37.8 Å². The predicted molar refractivity (Wildman–Crippen MR) is 125 cm³/mol. The zero-order chi connectivity index (χ0) is 24.5. The number of amides is 2. The molecule has 4 rings (SSSR count). The van der Waals surface area contributed by atoms with E-state index in [4.69, 9.17) is 9.47 Å². The molecular formula is C26H30N2O6. The lowest BCUT2D eigenvalue weighted by molar-refractivity contribution is -0.160. The number of ether oxygens (including phenoxy) is 2. The van der Waals surface area contributed by atoms with Gasteiger partial charge in [-0.15, -0.1) is 0 Å². The molecule has 1 fully saturated rings. The van der Waals surface area contributed by atoms with Crippen molar-refractivity contribution in [3.8, 4) is 11.1 Å². The second kappa shape index (κ2) is 9.46. The van der Waals surface area contributed by atoms with Crippen molar-refractivity contribution in [1.82, 2.24) is 10.2 Å². The number of carbonyl (C=O) groups is 3. The SMILES string of the molecule is CC(C)(C)[C@H](NC(=O)OCC1c2ccccc2-c2ccccc21)C(=O)N1CCOC(C(=O)O)C1. The zero-order valence-electron chi connectivity index (χ0n) is 19.6. The van der Waals surface area contributed by atoms with Crippen molar-refractivity contribution in [3.63, 3.8) is 0 Å². The second-order valence-corrected chi connectivity index (χ2v) is 9.75. The molecule has 2 aromatic carbocycles. The highest BCUT2D eigenvalue weighted by molar-refractivity contribution is 5.87. The summed E-state index contributed by atoms with van der Waals surface area (Å²) in [4.78, 5) is 38.8. The van der Waals surface area contributed by atoms with Crippen LogP contribution in [0.25, 0.3) is 11.1 Å². The maximum absolute atomic E-state index is 13.2. The first-order valence-corrected chi connectivity index (χ1v) is 11.4. The third-order valence-corrected chi connectivity index (χ3v) is 6.37. The van der Waals surface area contributed by atoms with Crippen LogP contribution in [0.15, 0.2) is 48.5 Å². The van der Waals surface area contributed by atoms with Crippen molar-refractivity contribution in [1.29, 1.82) is 0 Å². The molecule has 2 aromatic rings. The molecule has 2 atom stereocenters. The highest BCUT2D eigenvalue weighted by atomic mass is 16.5. The fourth-order valence-electron chi connectivity index (χ4n) is 4.59. The van der Waals surface area contributed by atoms with Gasteiger partial charge in [-0.1, -0.05) is 69.3 Å². The predicted octanol–water partition coefficient (Wildman–Crippen LogP) is 3.25. The van der Waals surface area contributed by atoms with E-state index in [9.17, 15) is 19.5 Å². The first kappa shape index (κ1) is 23.8. The molecule has 8 nitrogen and oxygen atoms in total.